The van der Waals surface area contributed by atoms with Gasteiger partial charge in [0.15, 0.2) is 0 Å². The molecule has 0 bridgehead atoms. The number of aliphatic hydroxyl groups excluding tert-OH is 1. The molecule has 3 N–H and O–H groups in total. The average Bonchev–Trinajstić information content (AvgIpc) is 2.13. The van der Waals surface area contributed by atoms with Gasteiger partial charge in [-0.25, -0.2) is 0 Å². The van der Waals surface area contributed by atoms with Crippen molar-refractivity contribution in [1.29, 1.82) is 0 Å². The van der Waals surface area contributed by atoms with Crippen molar-refractivity contribution >= 4 is 5.97 Å². The van der Waals surface area contributed by atoms with Crippen LogP contribution in [0.1, 0.15) is 32.6 Å². The van der Waals surface area contributed by atoms with Gasteiger partial charge >= 0.3 is 5.97 Å². The van der Waals surface area contributed by atoms with Gasteiger partial charge in [-0.2, -0.15) is 0 Å². The fourth-order valence-corrected chi connectivity index (χ4v) is 1.99. The Kier molecular flexibility index (Phi) is 5.05. The van der Waals surface area contributed by atoms with Gasteiger partial charge in [0, 0.05) is 12.6 Å². The van der Waals surface area contributed by atoms with Crippen molar-refractivity contribution in [2.45, 2.75) is 38.6 Å². The van der Waals surface area contributed by atoms with E-state index in [9.17, 15) is 4.79 Å². The van der Waals surface area contributed by atoms with E-state index in [0.717, 1.165) is 32.2 Å². The molecule has 88 valence electrons. The van der Waals surface area contributed by atoms with Crippen LogP contribution in [-0.4, -0.2) is 35.4 Å². The molecule has 0 aliphatic heterocycles. The molecule has 0 saturated heterocycles. The van der Waals surface area contributed by atoms with E-state index in [2.05, 4.69) is 12.2 Å². The van der Waals surface area contributed by atoms with Gasteiger partial charge in [0.1, 0.15) is 0 Å². The number of carboxylic acids is 1. The van der Waals surface area contributed by atoms with Gasteiger partial charge in [-0.15, -0.1) is 0 Å². The second-order valence-corrected chi connectivity index (χ2v) is 4.32. The Morgan fingerprint density at radius 3 is 2.67 bits per heavy atom. The summed E-state index contributed by atoms with van der Waals surface area (Å²) in [6.45, 7) is 3.14. The maximum atomic E-state index is 10.8. The maximum absolute atomic E-state index is 10.8. The van der Waals surface area contributed by atoms with Crippen molar-refractivity contribution in [3.8, 4) is 0 Å². The molecular weight excluding hydrogens is 194 g/mol. The van der Waals surface area contributed by atoms with Gasteiger partial charge in [-0.3, -0.25) is 4.79 Å². The fourth-order valence-electron chi connectivity index (χ4n) is 1.99. The topological polar surface area (TPSA) is 69.6 Å². The molecule has 0 spiro atoms. The zero-order chi connectivity index (χ0) is 11.3. The van der Waals surface area contributed by atoms with Crippen molar-refractivity contribution in [2.24, 2.45) is 11.8 Å². The normalized spacial score (nSPS) is 27.1. The van der Waals surface area contributed by atoms with Crippen molar-refractivity contribution in [3.63, 3.8) is 0 Å². The van der Waals surface area contributed by atoms with Crippen LogP contribution >= 0.6 is 0 Å². The summed E-state index contributed by atoms with van der Waals surface area (Å²) in [7, 11) is 0. The van der Waals surface area contributed by atoms with Crippen molar-refractivity contribution in [3.05, 3.63) is 0 Å². The summed E-state index contributed by atoms with van der Waals surface area (Å²) in [5, 5.41) is 21.0. The fraction of sp³-hybridized carbons (Fsp3) is 0.909. The number of carboxylic acid groups (broad SMARTS) is 1. The first-order chi connectivity index (χ1) is 7.19. The molecule has 15 heavy (non-hydrogen) atoms. The highest BCUT2D eigenvalue weighted by Crippen LogP contribution is 2.27. The third kappa shape index (κ3) is 3.47. The van der Waals surface area contributed by atoms with E-state index >= 15 is 0 Å². The predicted octanol–water partition coefficient (Wildman–Crippen LogP) is 0.848. The summed E-state index contributed by atoms with van der Waals surface area (Å²) in [5.41, 5.74) is 0. The largest absolute Gasteiger partial charge is 0.481 e. The minimum absolute atomic E-state index is 0.148. The standard InChI is InChI=1S/C11H21NO3/c1-2-8(5-6-13)7-12-10-4-3-9(10)11(14)15/h8-10,12-13H,2-7H2,1H3,(H,14,15). The highest BCUT2D eigenvalue weighted by Gasteiger charge is 2.36. The second-order valence-electron chi connectivity index (χ2n) is 4.32. The number of hydrogen-bond acceptors (Lipinski definition) is 3. The van der Waals surface area contributed by atoms with Crippen LogP contribution in [0, 0.1) is 11.8 Å². The second kappa shape index (κ2) is 6.08. The van der Waals surface area contributed by atoms with Gasteiger partial charge in [-0.1, -0.05) is 13.3 Å². The number of aliphatic hydroxyl groups is 1. The van der Waals surface area contributed by atoms with Crippen LogP contribution in [-0.2, 0) is 4.79 Å². The smallest absolute Gasteiger partial charge is 0.308 e. The molecule has 0 amide bonds. The van der Waals surface area contributed by atoms with E-state index < -0.39 is 5.97 Å². The maximum Gasteiger partial charge on any atom is 0.308 e. The Hall–Kier alpha value is -0.610. The summed E-state index contributed by atoms with van der Waals surface area (Å²) in [5.74, 6) is -0.421. The van der Waals surface area contributed by atoms with Crippen LogP contribution in [0.4, 0.5) is 0 Å². The van der Waals surface area contributed by atoms with E-state index in [1.54, 1.807) is 0 Å². The number of rotatable bonds is 7. The lowest BCUT2D eigenvalue weighted by Crippen LogP contribution is -2.49. The van der Waals surface area contributed by atoms with Crippen molar-refractivity contribution < 1.29 is 15.0 Å². The lowest BCUT2D eigenvalue weighted by Gasteiger charge is -2.35. The molecule has 4 heteroatoms. The number of nitrogens with one attached hydrogen (secondary N) is 1. The van der Waals surface area contributed by atoms with Gasteiger partial charge in [0.2, 0.25) is 0 Å². The number of aliphatic carboxylic acids is 1. The Bertz CT molecular complexity index is 208. The Balaban J connectivity index is 2.21. The molecule has 1 saturated carbocycles. The lowest BCUT2D eigenvalue weighted by atomic mass is 9.79. The van der Waals surface area contributed by atoms with Crippen LogP contribution in [0.2, 0.25) is 0 Å². The molecule has 0 aromatic heterocycles. The third-order valence-electron chi connectivity index (χ3n) is 3.37. The van der Waals surface area contributed by atoms with E-state index in [1.807, 2.05) is 0 Å². The SMILES string of the molecule is CCC(CCO)CNC1CCC1C(=O)O. The van der Waals surface area contributed by atoms with E-state index in [-0.39, 0.29) is 18.6 Å². The summed E-state index contributed by atoms with van der Waals surface area (Å²) in [6, 6.07) is 0.148. The van der Waals surface area contributed by atoms with Crippen molar-refractivity contribution in [2.75, 3.05) is 13.2 Å². The first-order valence-electron chi connectivity index (χ1n) is 5.76. The summed E-state index contributed by atoms with van der Waals surface area (Å²) < 4.78 is 0. The summed E-state index contributed by atoms with van der Waals surface area (Å²) in [4.78, 5) is 10.8. The quantitative estimate of drug-likeness (QED) is 0.589. The third-order valence-corrected chi connectivity index (χ3v) is 3.37. The van der Waals surface area contributed by atoms with Gasteiger partial charge < -0.3 is 15.5 Å². The molecule has 3 atom stereocenters. The van der Waals surface area contributed by atoms with Gasteiger partial charge in [0.25, 0.3) is 0 Å². The van der Waals surface area contributed by atoms with E-state index in [4.69, 9.17) is 10.2 Å². The average molecular weight is 215 g/mol. The van der Waals surface area contributed by atoms with Gasteiger partial charge in [0.05, 0.1) is 5.92 Å². The Morgan fingerprint density at radius 1 is 1.53 bits per heavy atom. The minimum atomic E-state index is -0.686. The zero-order valence-electron chi connectivity index (χ0n) is 9.28. The molecule has 0 aromatic carbocycles. The predicted molar refractivity (Wildman–Crippen MR) is 57.6 cm³/mol. The summed E-state index contributed by atoms with van der Waals surface area (Å²) >= 11 is 0. The zero-order valence-corrected chi connectivity index (χ0v) is 9.28. The monoisotopic (exact) mass is 215 g/mol. The van der Waals surface area contributed by atoms with Crippen LogP contribution in [0.15, 0.2) is 0 Å². The summed E-state index contributed by atoms with van der Waals surface area (Å²) in [6.07, 6.45) is 3.59. The van der Waals surface area contributed by atoms with Crippen LogP contribution in [0.25, 0.3) is 0 Å². The molecule has 0 aromatic rings. The first-order valence-corrected chi connectivity index (χ1v) is 5.76. The Labute approximate surface area is 90.7 Å². The van der Waals surface area contributed by atoms with Crippen LogP contribution in [0.3, 0.4) is 0 Å². The van der Waals surface area contributed by atoms with E-state index in [1.165, 1.54) is 0 Å². The van der Waals surface area contributed by atoms with E-state index in [0.29, 0.717) is 5.92 Å². The van der Waals surface area contributed by atoms with Gasteiger partial charge in [-0.05, 0) is 31.7 Å². The molecule has 1 fully saturated rings. The molecule has 0 radical (unpaired) electrons. The Morgan fingerprint density at radius 2 is 2.27 bits per heavy atom. The molecule has 3 unspecified atom stereocenters. The van der Waals surface area contributed by atoms with Crippen molar-refractivity contribution in [1.82, 2.24) is 5.32 Å². The highest BCUT2D eigenvalue weighted by molar-refractivity contribution is 5.72. The molecule has 4 nitrogen and oxygen atoms in total. The highest BCUT2D eigenvalue weighted by atomic mass is 16.4. The first kappa shape index (κ1) is 12.5. The molecule has 1 aliphatic rings. The molecular formula is C11H21NO3. The number of carbonyl (C=O) groups is 1. The van der Waals surface area contributed by atoms with Crippen LogP contribution < -0.4 is 5.32 Å². The minimum Gasteiger partial charge on any atom is -0.481 e. The molecule has 1 aliphatic carbocycles. The van der Waals surface area contributed by atoms with Crippen LogP contribution in [0.5, 0.6) is 0 Å². The number of hydrogen-bond donors (Lipinski definition) is 3. The molecule has 0 heterocycles. The molecule has 1 rings (SSSR count). The lowest BCUT2D eigenvalue weighted by molar-refractivity contribution is -0.146.